The number of hydrogen-bond donors (Lipinski definition) is 0. The largest absolute Gasteiger partial charge is 0.236 e. The van der Waals surface area contributed by atoms with E-state index in [4.69, 9.17) is 0 Å². The molecule has 0 spiro atoms. The Morgan fingerprint density at radius 3 is 1.85 bits per heavy atom. The average molecular weight is 407 g/mol. The fourth-order valence-electron chi connectivity index (χ4n) is 2.89. The van der Waals surface area contributed by atoms with Crippen LogP contribution in [0.4, 0.5) is 0 Å². The zero-order chi connectivity index (χ0) is 19.3. The van der Waals surface area contributed by atoms with Gasteiger partial charge in [-0.25, -0.2) is 16.8 Å². The van der Waals surface area contributed by atoms with E-state index < -0.39 is 20.0 Å². The minimum Gasteiger partial charge on any atom is -0.212 e. The van der Waals surface area contributed by atoms with E-state index >= 15 is 0 Å². The van der Waals surface area contributed by atoms with Gasteiger partial charge in [0.1, 0.15) is 0 Å². The molecular weight excluding hydrogens is 384 g/mol. The fraction of sp³-hybridized carbons (Fsp3) is 0.263. The van der Waals surface area contributed by atoms with Crippen molar-refractivity contribution in [3.63, 3.8) is 0 Å². The van der Waals surface area contributed by atoms with Gasteiger partial charge in [-0.05, 0) is 17.2 Å². The van der Waals surface area contributed by atoms with Gasteiger partial charge < -0.3 is 0 Å². The zero-order valence-corrected chi connectivity index (χ0v) is 16.4. The lowest BCUT2D eigenvalue weighted by molar-refractivity contribution is 0.274. The highest BCUT2D eigenvalue weighted by Gasteiger charge is 2.31. The third kappa shape index (κ3) is 5.26. The van der Waals surface area contributed by atoms with Crippen molar-refractivity contribution >= 4 is 26.1 Å². The molecule has 27 heavy (non-hydrogen) atoms. The normalized spacial score (nSPS) is 17.3. The highest BCUT2D eigenvalue weighted by atomic mass is 32.2. The molecule has 0 atom stereocenters. The molecule has 0 radical (unpaired) electrons. The van der Waals surface area contributed by atoms with Crippen LogP contribution >= 0.6 is 0 Å². The SMILES string of the molecule is O=S(=O)(/C=C/c1ccccc1)N1CCN(S(=O)(=O)Cc2ccccc2)CC1. The standard InChI is InChI=1S/C19H22N2O4S2/c22-26(23,16-11-18-7-3-1-4-8-18)20-12-14-21(15-13-20)27(24,25)17-19-9-5-2-6-10-19/h1-11,16H,12-15,17H2/b16-11+. The van der Waals surface area contributed by atoms with E-state index in [0.717, 1.165) is 11.1 Å². The molecular formula is C19H22N2O4S2. The van der Waals surface area contributed by atoms with Crippen molar-refractivity contribution in [1.82, 2.24) is 8.61 Å². The minimum atomic E-state index is -3.58. The van der Waals surface area contributed by atoms with Crippen molar-refractivity contribution in [3.05, 3.63) is 77.2 Å². The van der Waals surface area contributed by atoms with Crippen molar-refractivity contribution in [2.75, 3.05) is 26.2 Å². The number of piperazine rings is 1. The van der Waals surface area contributed by atoms with Crippen molar-refractivity contribution < 1.29 is 16.8 Å². The summed E-state index contributed by atoms with van der Waals surface area (Å²) in [6.45, 7) is 0.617. The summed E-state index contributed by atoms with van der Waals surface area (Å²) in [4.78, 5) is 0. The van der Waals surface area contributed by atoms with E-state index in [1.54, 1.807) is 30.3 Å². The van der Waals surface area contributed by atoms with Crippen LogP contribution in [-0.2, 0) is 25.8 Å². The van der Waals surface area contributed by atoms with Gasteiger partial charge in [0.2, 0.25) is 20.0 Å². The van der Waals surface area contributed by atoms with Gasteiger partial charge in [-0.3, -0.25) is 0 Å². The Morgan fingerprint density at radius 2 is 1.26 bits per heavy atom. The van der Waals surface area contributed by atoms with Crippen LogP contribution in [-0.4, -0.2) is 51.6 Å². The predicted octanol–water partition coefficient (Wildman–Crippen LogP) is 2.13. The maximum Gasteiger partial charge on any atom is 0.236 e. The topological polar surface area (TPSA) is 74.8 Å². The van der Waals surface area contributed by atoms with Gasteiger partial charge in [-0.1, -0.05) is 60.7 Å². The number of rotatable bonds is 6. The van der Waals surface area contributed by atoms with Gasteiger partial charge in [0.15, 0.2) is 0 Å². The highest BCUT2D eigenvalue weighted by Crippen LogP contribution is 2.16. The molecule has 0 N–H and O–H groups in total. The van der Waals surface area contributed by atoms with Gasteiger partial charge >= 0.3 is 0 Å². The number of nitrogens with zero attached hydrogens (tertiary/aromatic N) is 2. The summed E-state index contributed by atoms with van der Waals surface area (Å²) in [5, 5.41) is 1.18. The Hall–Kier alpha value is -2.00. The maximum atomic E-state index is 12.6. The second-order valence-electron chi connectivity index (χ2n) is 6.30. The van der Waals surface area contributed by atoms with Crippen LogP contribution in [0, 0.1) is 0 Å². The molecule has 0 amide bonds. The van der Waals surface area contributed by atoms with Crippen molar-refractivity contribution in [2.24, 2.45) is 0 Å². The summed E-state index contributed by atoms with van der Waals surface area (Å²) in [7, 11) is -7.04. The van der Waals surface area contributed by atoms with Crippen LogP contribution in [0.15, 0.2) is 66.1 Å². The van der Waals surface area contributed by atoms with Gasteiger partial charge in [0.05, 0.1) is 5.75 Å². The predicted molar refractivity (Wildman–Crippen MR) is 107 cm³/mol. The van der Waals surface area contributed by atoms with Gasteiger partial charge in [0, 0.05) is 31.6 Å². The van der Waals surface area contributed by atoms with E-state index in [2.05, 4.69) is 0 Å². The molecule has 3 rings (SSSR count). The summed E-state index contributed by atoms with van der Waals surface area (Å²) in [5.74, 6) is -0.0749. The number of hydrogen-bond acceptors (Lipinski definition) is 4. The summed E-state index contributed by atoms with van der Waals surface area (Å²) in [6, 6.07) is 18.2. The molecule has 1 aliphatic rings. The van der Waals surface area contributed by atoms with E-state index in [0.29, 0.717) is 0 Å². The molecule has 8 heteroatoms. The van der Waals surface area contributed by atoms with Crippen LogP contribution in [0.25, 0.3) is 6.08 Å². The molecule has 2 aromatic carbocycles. The van der Waals surface area contributed by atoms with Crippen LogP contribution in [0.2, 0.25) is 0 Å². The molecule has 0 aliphatic carbocycles. The molecule has 6 nitrogen and oxygen atoms in total. The highest BCUT2D eigenvalue weighted by molar-refractivity contribution is 7.92. The van der Waals surface area contributed by atoms with Crippen LogP contribution in [0.3, 0.4) is 0 Å². The fourth-order valence-corrected chi connectivity index (χ4v) is 5.58. The van der Waals surface area contributed by atoms with Crippen LogP contribution in [0.5, 0.6) is 0 Å². The first-order valence-corrected chi connectivity index (χ1v) is 11.7. The van der Waals surface area contributed by atoms with E-state index in [-0.39, 0.29) is 31.9 Å². The van der Waals surface area contributed by atoms with Crippen molar-refractivity contribution in [2.45, 2.75) is 5.75 Å². The lowest BCUT2D eigenvalue weighted by atomic mass is 10.2. The van der Waals surface area contributed by atoms with Crippen molar-refractivity contribution in [1.29, 1.82) is 0 Å². The second-order valence-corrected chi connectivity index (χ2v) is 10.1. The van der Waals surface area contributed by atoms with E-state index in [1.165, 1.54) is 14.0 Å². The quantitative estimate of drug-likeness (QED) is 0.737. The summed E-state index contributed by atoms with van der Waals surface area (Å²) in [5.41, 5.74) is 1.52. The van der Waals surface area contributed by atoms with Gasteiger partial charge in [-0.2, -0.15) is 8.61 Å². The molecule has 0 saturated carbocycles. The molecule has 1 saturated heterocycles. The summed E-state index contributed by atoms with van der Waals surface area (Å²) >= 11 is 0. The van der Waals surface area contributed by atoms with Crippen molar-refractivity contribution in [3.8, 4) is 0 Å². The zero-order valence-electron chi connectivity index (χ0n) is 14.8. The Labute approximate surface area is 160 Å². The Morgan fingerprint density at radius 1 is 0.741 bits per heavy atom. The first kappa shape index (κ1) is 19.8. The molecule has 0 aromatic heterocycles. The lowest BCUT2D eigenvalue weighted by Crippen LogP contribution is -2.50. The Balaban J connectivity index is 1.61. The van der Waals surface area contributed by atoms with E-state index in [9.17, 15) is 16.8 Å². The molecule has 144 valence electrons. The molecule has 1 aliphatic heterocycles. The van der Waals surface area contributed by atoms with E-state index in [1.807, 2.05) is 36.4 Å². The first-order valence-electron chi connectivity index (χ1n) is 8.62. The molecule has 1 heterocycles. The summed E-state index contributed by atoms with van der Waals surface area (Å²) < 4.78 is 52.8. The smallest absolute Gasteiger partial charge is 0.212 e. The average Bonchev–Trinajstić information content (AvgIpc) is 2.68. The number of sulfonamides is 2. The van der Waals surface area contributed by atoms with Crippen LogP contribution < -0.4 is 0 Å². The number of benzene rings is 2. The first-order chi connectivity index (χ1) is 12.9. The maximum absolute atomic E-state index is 12.6. The summed E-state index contributed by atoms with van der Waals surface area (Å²) in [6.07, 6.45) is 1.55. The monoisotopic (exact) mass is 406 g/mol. The molecule has 2 aromatic rings. The Kier molecular flexibility index (Phi) is 6.11. The third-order valence-corrected chi connectivity index (χ3v) is 7.79. The third-order valence-electron chi connectivity index (χ3n) is 4.37. The molecule has 0 unspecified atom stereocenters. The van der Waals surface area contributed by atoms with Gasteiger partial charge in [0.25, 0.3) is 0 Å². The lowest BCUT2D eigenvalue weighted by Gasteiger charge is -2.32. The van der Waals surface area contributed by atoms with Gasteiger partial charge in [-0.15, -0.1) is 0 Å². The molecule has 0 bridgehead atoms. The Bertz CT molecular complexity index is 981. The minimum absolute atomic E-state index is 0.0749. The second kappa shape index (κ2) is 8.35. The molecule has 1 fully saturated rings. The van der Waals surface area contributed by atoms with Crippen LogP contribution in [0.1, 0.15) is 11.1 Å².